The zero-order valence-corrected chi connectivity index (χ0v) is 16.9. The average molecular weight is 383 g/mol. The lowest BCUT2D eigenvalue weighted by molar-refractivity contribution is 0.309. The summed E-state index contributed by atoms with van der Waals surface area (Å²) >= 11 is 0. The maximum absolute atomic E-state index is 5.80. The molecule has 3 aromatic carbocycles. The number of nitrogens with one attached hydrogen (secondary N) is 1. The van der Waals surface area contributed by atoms with Crippen molar-refractivity contribution >= 4 is 17.2 Å². The highest BCUT2D eigenvalue weighted by atomic mass is 16.5. The Hall–Kier alpha value is -3.40. The molecule has 1 aliphatic rings. The second-order valence-electron chi connectivity index (χ2n) is 7.15. The largest absolute Gasteiger partial charge is 0.494 e. The fraction of sp³-hybridized carbons (Fsp3) is 0.200. The van der Waals surface area contributed by atoms with E-state index in [9.17, 15) is 0 Å². The standard InChI is InChI=1S/C25H25N3O/c1-3-4-16-29-21-13-11-19(12-14-21)24-22-17-18(2)10-15-23(22)26-25(28-27-24)20-8-6-5-7-9-20/h5-15,17H,3-4,16H2,1-2H3,(H,26,28). The van der Waals surface area contributed by atoms with Gasteiger partial charge in [0.1, 0.15) is 5.75 Å². The van der Waals surface area contributed by atoms with Gasteiger partial charge in [0.25, 0.3) is 0 Å². The molecule has 1 N–H and O–H groups in total. The van der Waals surface area contributed by atoms with Gasteiger partial charge in [0, 0.05) is 16.7 Å². The smallest absolute Gasteiger partial charge is 0.154 e. The predicted octanol–water partition coefficient (Wildman–Crippen LogP) is 5.61. The number of nitrogens with zero attached hydrogens (tertiary/aromatic N) is 2. The van der Waals surface area contributed by atoms with Crippen LogP contribution < -0.4 is 10.2 Å². The summed E-state index contributed by atoms with van der Waals surface area (Å²) < 4.78 is 5.80. The topological polar surface area (TPSA) is 46.0 Å². The third-order valence-corrected chi connectivity index (χ3v) is 4.85. The number of aryl methyl sites for hydroxylation is 1. The number of rotatable bonds is 6. The summed E-state index contributed by atoms with van der Waals surface area (Å²) in [5.41, 5.74) is 9.17. The van der Waals surface area contributed by atoms with Gasteiger partial charge in [0.2, 0.25) is 0 Å². The highest BCUT2D eigenvalue weighted by Gasteiger charge is 2.17. The zero-order chi connectivity index (χ0) is 20.1. The van der Waals surface area contributed by atoms with E-state index >= 15 is 0 Å². The quantitative estimate of drug-likeness (QED) is 0.563. The molecule has 0 fully saturated rings. The van der Waals surface area contributed by atoms with Gasteiger partial charge in [0.05, 0.1) is 18.0 Å². The summed E-state index contributed by atoms with van der Waals surface area (Å²) in [4.78, 5) is 4.86. The first-order valence-corrected chi connectivity index (χ1v) is 10.1. The molecule has 1 aliphatic heterocycles. The minimum atomic E-state index is 0.741. The minimum Gasteiger partial charge on any atom is -0.494 e. The highest BCUT2D eigenvalue weighted by molar-refractivity contribution is 6.18. The number of ether oxygens (including phenoxy) is 1. The van der Waals surface area contributed by atoms with Crippen LogP contribution in [0.3, 0.4) is 0 Å². The van der Waals surface area contributed by atoms with Gasteiger partial charge in [-0.2, -0.15) is 5.10 Å². The van der Waals surface area contributed by atoms with Crippen LogP contribution in [0.4, 0.5) is 5.69 Å². The van der Waals surface area contributed by atoms with E-state index < -0.39 is 0 Å². The summed E-state index contributed by atoms with van der Waals surface area (Å²) in [7, 11) is 0. The normalized spacial score (nSPS) is 12.9. The number of hydrogen-bond donors (Lipinski definition) is 1. The Bertz CT molecular complexity index is 1040. The molecule has 1 heterocycles. The lowest BCUT2D eigenvalue weighted by Crippen LogP contribution is -2.19. The van der Waals surface area contributed by atoms with Crippen LogP contribution in [-0.2, 0) is 0 Å². The molecule has 0 atom stereocenters. The van der Waals surface area contributed by atoms with Crippen molar-refractivity contribution in [2.45, 2.75) is 26.7 Å². The molecule has 0 saturated heterocycles. The first-order valence-electron chi connectivity index (χ1n) is 10.1. The lowest BCUT2D eigenvalue weighted by atomic mass is 9.99. The van der Waals surface area contributed by atoms with Gasteiger partial charge in [-0.05, 0) is 49.7 Å². The molecule has 146 valence electrons. The van der Waals surface area contributed by atoms with Crippen LogP contribution in [0.25, 0.3) is 0 Å². The number of unbranched alkanes of at least 4 members (excludes halogenated alkanes) is 1. The van der Waals surface area contributed by atoms with Gasteiger partial charge in [-0.1, -0.05) is 55.3 Å². The van der Waals surface area contributed by atoms with Crippen molar-refractivity contribution in [3.8, 4) is 5.75 Å². The van der Waals surface area contributed by atoms with Crippen LogP contribution in [0, 0.1) is 6.92 Å². The number of hydrogen-bond acceptors (Lipinski definition) is 4. The Kier molecular flexibility index (Phi) is 5.71. The predicted molar refractivity (Wildman–Crippen MR) is 119 cm³/mol. The Morgan fingerprint density at radius 2 is 1.69 bits per heavy atom. The third kappa shape index (κ3) is 4.37. The number of fused-ring (bicyclic) bond motifs is 1. The first-order chi connectivity index (χ1) is 14.2. The van der Waals surface area contributed by atoms with Gasteiger partial charge in [-0.15, -0.1) is 0 Å². The number of amidine groups is 1. The van der Waals surface area contributed by atoms with E-state index in [0.29, 0.717) is 0 Å². The summed E-state index contributed by atoms with van der Waals surface area (Å²) in [6.45, 7) is 4.99. The Balaban J connectivity index is 1.70. The maximum Gasteiger partial charge on any atom is 0.154 e. The number of benzene rings is 3. The van der Waals surface area contributed by atoms with E-state index in [0.717, 1.165) is 59.1 Å². The van der Waals surface area contributed by atoms with Gasteiger partial charge >= 0.3 is 0 Å². The summed E-state index contributed by atoms with van der Waals surface area (Å²) in [6, 6.07) is 24.5. The molecule has 4 nitrogen and oxygen atoms in total. The van der Waals surface area contributed by atoms with Gasteiger partial charge in [0.15, 0.2) is 5.84 Å². The molecule has 0 radical (unpaired) electrons. The van der Waals surface area contributed by atoms with E-state index in [1.54, 1.807) is 0 Å². The van der Waals surface area contributed by atoms with Crippen molar-refractivity contribution in [3.63, 3.8) is 0 Å². The van der Waals surface area contributed by atoms with Crippen molar-refractivity contribution in [1.29, 1.82) is 0 Å². The van der Waals surface area contributed by atoms with Crippen molar-refractivity contribution < 1.29 is 4.74 Å². The van der Waals surface area contributed by atoms with E-state index in [1.807, 2.05) is 42.5 Å². The van der Waals surface area contributed by atoms with Gasteiger partial charge in [-0.25, -0.2) is 4.99 Å². The Morgan fingerprint density at radius 1 is 0.897 bits per heavy atom. The first kappa shape index (κ1) is 18.9. The van der Waals surface area contributed by atoms with E-state index in [4.69, 9.17) is 14.8 Å². The van der Waals surface area contributed by atoms with E-state index in [-0.39, 0.29) is 0 Å². The van der Waals surface area contributed by atoms with Crippen LogP contribution in [0.15, 0.2) is 82.9 Å². The number of aliphatic imine (C=N–C) groups is 1. The molecule has 0 aliphatic carbocycles. The molecule has 0 bridgehead atoms. The van der Waals surface area contributed by atoms with Crippen molar-refractivity contribution in [1.82, 2.24) is 5.43 Å². The van der Waals surface area contributed by atoms with Crippen molar-refractivity contribution in [3.05, 3.63) is 95.1 Å². The van der Waals surface area contributed by atoms with Crippen LogP contribution in [0.5, 0.6) is 5.75 Å². The minimum absolute atomic E-state index is 0.741. The van der Waals surface area contributed by atoms with Crippen LogP contribution in [-0.4, -0.2) is 18.2 Å². The highest BCUT2D eigenvalue weighted by Crippen LogP contribution is 2.27. The zero-order valence-electron chi connectivity index (χ0n) is 16.9. The molecule has 0 spiro atoms. The average Bonchev–Trinajstić information content (AvgIpc) is 2.95. The summed E-state index contributed by atoms with van der Waals surface area (Å²) in [6.07, 6.45) is 2.19. The molecule has 0 saturated carbocycles. The fourth-order valence-electron chi connectivity index (χ4n) is 3.24. The maximum atomic E-state index is 5.80. The lowest BCUT2D eigenvalue weighted by Gasteiger charge is -2.10. The fourth-order valence-corrected chi connectivity index (χ4v) is 3.24. The van der Waals surface area contributed by atoms with E-state index in [1.165, 1.54) is 5.56 Å². The van der Waals surface area contributed by atoms with Crippen LogP contribution in [0.2, 0.25) is 0 Å². The molecule has 4 heteroatoms. The third-order valence-electron chi connectivity index (χ3n) is 4.85. The van der Waals surface area contributed by atoms with Gasteiger partial charge < -0.3 is 4.74 Å². The Labute approximate surface area is 172 Å². The Morgan fingerprint density at radius 3 is 2.45 bits per heavy atom. The van der Waals surface area contributed by atoms with Crippen LogP contribution in [0.1, 0.15) is 42.0 Å². The summed E-state index contributed by atoms with van der Waals surface area (Å²) in [5, 5.41) is 4.73. The van der Waals surface area contributed by atoms with Crippen molar-refractivity contribution in [2.75, 3.05) is 6.61 Å². The molecule has 0 unspecified atom stereocenters. The molecule has 3 aromatic rings. The summed E-state index contributed by atoms with van der Waals surface area (Å²) in [5.74, 6) is 1.63. The second-order valence-corrected chi connectivity index (χ2v) is 7.15. The molecular weight excluding hydrogens is 358 g/mol. The van der Waals surface area contributed by atoms with E-state index in [2.05, 4.69) is 49.6 Å². The molecule has 4 rings (SSSR count). The van der Waals surface area contributed by atoms with Crippen LogP contribution >= 0.6 is 0 Å². The molecule has 0 amide bonds. The number of hydrazone groups is 1. The molecule has 29 heavy (non-hydrogen) atoms. The monoisotopic (exact) mass is 383 g/mol. The molecule has 0 aromatic heterocycles. The van der Waals surface area contributed by atoms with Gasteiger partial charge in [-0.3, -0.25) is 5.43 Å². The molecular formula is C25H25N3O. The SMILES string of the molecule is CCCCOc1ccc(C2=NNC(c3ccccc3)=Nc3ccc(C)cc32)cc1. The second kappa shape index (κ2) is 8.74. The van der Waals surface area contributed by atoms with Crippen molar-refractivity contribution in [2.24, 2.45) is 10.1 Å².